The summed E-state index contributed by atoms with van der Waals surface area (Å²) in [5.74, 6) is -1.46. The van der Waals surface area contributed by atoms with Gasteiger partial charge in [0.2, 0.25) is 0 Å². The van der Waals surface area contributed by atoms with Crippen LogP contribution in [0.1, 0.15) is 11.1 Å². The van der Waals surface area contributed by atoms with Crippen molar-refractivity contribution in [3.63, 3.8) is 0 Å². The van der Waals surface area contributed by atoms with Crippen LogP contribution in [0.25, 0.3) is 6.08 Å². The van der Waals surface area contributed by atoms with Crippen molar-refractivity contribution in [1.82, 2.24) is 4.90 Å². The van der Waals surface area contributed by atoms with E-state index in [1.54, 1.807) is 30.5 Å². The highest BCUT2D eigenvalue weighted by Gasteiger charge is 2.11. The van der Waals surface area contributed by atoms with Crippen molar-refractivity contribution in [3.05, 3.63) is 62.5 Å². The Bertz CT molecular complexity index is 746. The van der Waals surface area contributed by atoms with Crippen molar-refractivity contribution in [3.8, 4) is 0 Å². The number of amides is 1. The number of thiophene rings is 1. The maximum absolute atomic E-state index is 13.5. The molecule has 126 valence electrons. The smallest absolute Gasteiger partial charge is 0.331 e. The first kappa shape index (κ1) is 18.4. The topological polar surface area (TPSA) is 46.6 Å². The number of carbonyl (C=O) groups excluding carboxylic acids is 2. The molecule has 0 N–H and O–H groups in total. The van der Waals surface area contributed by atoms with Gasteiger partial charge in [0.05, 0.1) is 0 Å². The van der Waals surface area contributed by atoms with E-state index in [1.807, 2.05) is 16.8 Å². The van der Waals surface area contributed by atoms with E-state index in [-0.39, 0.29) is 18.1 Å². The lowest BCUT2D eigenvalue weighted by Gasteiger charge is -2.15. The van der Waals surface area contributed by atoms with Crippen LogP contribution in [-0.4, -0.2) is 30.4 Å². The molecule has 1 heterocycles. The standard InChI is InChI=1S/C17H15BrFNO3S/c1-20(9-12-6-7-24-11-12)16(21)10-23-17(22)5-2-13-8-14(18)3-4-15(13)19/h2-8,11H,9-10H2,1H3/b5-2+. The molecule has 0 bridgehead atoms. The first-order valence-electron chi connectivity index (χ1n) is 7.00. The molecule has 0 spiro atoms. The summed E-state index contributed by atoms with van der Waals surface area (Å²) in [6, 6.07) is 6.32. The fourth-order valence-electron chi connectivity index (χ4n) is 1.84. The Kier molecular flexibility index (Phi) is 6.69. The van der Waals surface area contributed by atoms with Crippen LogP contribution < -0.4 is 0 Å². The van der Waals surface area contributed by atoms with Crippen LogP contribution in [0, 0.1) is 5.82 Å². The molecule has 1 aromatic carbocycles. The first-order chi connectivity index (χ1) is 11.5. The number of rotatable bonds is 6. The van der Waals surface area contributed by atoms with Gasteiger partial charge in [-0.3, -0.25) is 4.79 Å². The SMILES string of the molecule is CN(Cc1ccsc1)C(=O)COC(=O)/C=C/c1cc(Br)ccc1F. The lowest BCUT2D eigenvalue weighted by Crippen LogP contribution is -2.30. The number of likely N-dealkylation sites (N-methyl/N-ethyl adjacent to an activating group) is 1. The van der Waals surface area contributed by atoms with Gasteiger partial charge >= 0.3 is 5.97 Å². The zero-order valence-electron chi connectivity index (χ0n) is 12.9. The molecule has 0 aliphatic rings. The van der Waals surface area contributed by atoms with E-state index in [1.165, 1.54) is 17.0 Å². The minimum atomic E-state index is -0.702. The van der Waals surface area contributed by atoms with E-state index in [0.29, 0.717) is 11.0 Å². The lowest BCUT2D eigenvalue weighted by molar-refractivity contribution is -0.147. The van der Waals surface area contributed by atoms with Crippen molar-refractivity contribution >= 4 is 45.2 Å². The minimum Gasteiger partial charge on any atom is -0.452 e. The number of carbonyl (C=O) groups is 2. The van der Waals surface area contributed by atoms with Gasteiger partial charge in [0.15, 0.2) is 6.61 Å². The molecule has 2 aromatic rings. The van der Waals surface area contributed by atoms with Crippen LogP contribution in [0.2, 0.25) is 0 Å². The quantitative estimate of drug-likeness (QED) is 0.535. The Balaban J connectivity index is 1.83. The summed E-state index contributed by atoms with van der Waals surface area (Å²) in [5.41, 5.74) is 1.27. The number of hydrogen-bond donors (Lipinski definition) is 0. The zero-order valence-corrected chi connectivity index (χ0v) is 15.3. The fourth-order valence-corrected chi connectivity index (χ4v) is 2.87. The maximum Gasteiger partial charge on any atom is 0.331 e. The molecule has 0 saturated carbocycles. The van der Waals surface area contributed by atoms with Crippen LogP contribution in [0.4, 0.5) is 4.39 Å². The first-order valence-corrected chi connectivity index (χ1v) is 8.74. The van der Waals surface area contributed by atoms with Crippen LogP contribution in [-0.2, 0) is 20.9 Å². The predicted octanol–water partition coefficient (Wildman–Crippen LogP) is 3.86. The van der Waals surface area contributed by atoms with Gasteiger partial charge in [-0.15, -0.1) is 0 Å². The van der Waals surface area contributed by atoms with Gasteiger partial charge in [-0.1, -0.05) is 15.9 Å². The number of nitrogens with zero attached hydrogens (tertiary/aromatic N) is 1. The van der Waals surface area contributed by atoms with E-state index >= 15 is 0 Å². The Morgan fingerprint density at radius 1 is 1.38 bits per heavy atom. The van der Waals surface area contributed by atoms with Gasteiger partial charge < -0.3 is 9.64 Å². The van der Waals surface area contributed by atoms with Gasteiger partial charge in [-0.25, -0.2) is 9.18 Å². The van der Waals surface area contributed by atoms with Crippen molar-refractivity contribution in [2.75, 3.05) is 13.7 Å². The number of halogens is 2. The third-order valence-electron chi connectivity index (χ3n) is 3.12. The second-order valence-electron chi connectivity index (χ2n) is 4.99. The number of ether oxygens (including phenoxy) is 1. The monoisotopic (exact) mass is 411 g/mol. The van der Waals surface area contributed by atoms with E-state index < -0.39 is 11.8 Å². The normalized spacial score (nSPS) is 10.8. The summed E-state index contributed by atoms with van der Waals surface area (Å²) in [6.07, 6.45) is 2.40. The van der Waals surface area contributed by atoms with E-state index in [0.717, 1.165) is 11.6 Å². The van der Waals surface area contributed by atoms with E-state index in [4.69, 9.17) is 4.74 Å². The van der Waals surface area contributed by atoms with E-state index in [2.05, 4.69) is 15.9 Å². The van der Waals surface area contributed by atoms with Crippen molar-refractivity contribution in [2.45, 2.75) is 6.54 Å². The molecule has 0 radical (unpaired) electrons. The number of hydrogen-bond acceptors (Lipinski definition) is 4. The Hall–Kier alpha value is -1.99. The average Bonchev–Trinajstić information content (AvgIpc) is 3.06. The molecule has 4 nitrogen and oxygen atoms in total. The van der Waals surface area contributed by atoms with E-state index in [9.17, 15) is 14.0 Å². The molecule has 0 atom stereocenters. The largest absolute Gasteiger partial charge is 0.452 e. The molecular formula is C17H15BrFNO3S. The van der Waals surface area contributed by atoms with Gasteiger partial charge in [0.25, 0.3) is 5.91 Å². The molecular weight excluding hydrogens is 397 g/mol. The predicted molar refractivity (Wildman–Crippen MR) is 94.9 cm³/mol. The summed E-state index contributed by atoms with van der Waals surface area (Å²) in [6.45, 7) is 0.101. The maximum atomic E-state index is 13.5. The molecule has 0 saturated heterocycles. The fraction of sp³-hybridized carbons (Fsp3) is 0.176. The zero-order chi connectivity index (χ0) is 17.5. The molecule has 0 unspecified atom stereocenters. The van der Waals surface area contributed by atoms with Crippen LogP contribution in [0.3, 0.4) is 0 Å². The highest BCUT2D eigenvalue weighted by Crippen LogP contribution is 2.16. The molecule has 7 heteroatoms. The summed E-state index contributed by atoms with van der Waals surface area (Å²) in [5, 5.41) is 3.88. The summed E-state index contributed by atoms with van der Waals surface area (Å²) in [7, 11) is 1.64. The second-order valence-corrected chi connectivity index (χ2v) is 6.68. The van der Waals surface area contributed by atoms with Crippen LogP contribution in [0.15, 0.2) is 45.6 Å². The van der Waals surface area contributed by atoms with Crippen molar-refractivity contribution in [1.29, 1.82) is 0 Å². The molecule has 24 heavy (non-hydrogen) atoms. The minimum absolute atomic E-state index is 0.252. The highest BCUT2D eigenvalue weighted by atomic mass is 79.9. The molecule has 1 aromatic heterocycles. The van der Waals surface area contributed by atoms with Crippen molar-refractivity contribution < 1.29 is 18.7 Å². The van der Waals surface area contributed by atoms with Gasteiger partial charge in [0, 0.05) is 29.7 Å². The number of benzene rings is 1. The van der Waals surface area contributed by atoms with Crippen LogP contribution in [0.5, 0.6) is 0 Å². The summed E-state index contributed by atoms with van der Waals surface area (Å²) in [4.78, 5) is 25.0. The summed E-state index contributed by atoms with van der Waals surface area (Å²) < 4.78 is 19.1. The lowest BCUT2D eigenvalue weighted by atomic mass is 10.2. The van der Waals surface area contributed by atoms with Gasteiger partial charge in [-0.2, -0.15) is 11.3 Å². The highest BCUT2D eigenvalue weighted by molar-refractivity contribution is 9.10. The Labute approximate surface area is 151 Å². The average molecular weight is 412 g/mol. The molecule has 0 fully saturated rings. The van der Waals surface area contributed by atoms with Gasteiger partial charge in [-0.05, 0) is 46.7 Å². The molecule has 0 aliphatic carbocycles. The Morgan fingerprint density at radius 2 is 2.17 bits per heavy atom. The van der Waals surface area contributed by atoms with Gasteiger partial charge in [0.1, 0.15) is 5.82 Å². The van der Waals surface area contributed by atoms with Crippen molar-refractivity contribution in [2.24, 2.45) is 0 Å². The summed E-state index contributed by atoms with van der Waals surface area (Å²) >= 11 is 4.78. The third-order valence-corrected chi connectivity index (χ3v) is 4.35. The van der Waals surface area contributed by atoms with Crippen LogP contribution >= 0.6 is 27.3 Å². The number of esters is 1. The Morgan fingerprint density at radius 3 is 2.88 bits per heavy atom. The molecule has 1 amide bonds. The third kappa shape index (κ3) is 5.58. The second kappa shape index (κ2) is 8.75. The molecule has 0 aliphatic heterocycles. The molecule has 2 rings (SSSR count).